The number of ether oxygens (including phenoxy) is 2. The van der Waals surface area contributed by atoms with E-state index in [9.17, 15) is 4.79 Å². The summed E-state index contributed by atoms with van der Waals surface area (Å²) in [4.78, 5) is 10.5. The van der Waals surface area contributed by atoms with E-state index in [0.29, 0.717) is 28.0 Å². The number of benzene rings is 1. The molecule has 19 heavy (non-hydrogen) atoms. The number of carbonyl (C=O) groups is 1. The van der Waals surface area contributed by atoms with Crippen LogP contribution in [0.3, 0.4) is 0 Å². The zero-order valence-electron chi connectivity index (χ0n) is 10.5. The summed E-state index contributed by atoms with van der Waals surface area (Å²) in [7, 11) is 0. The third kappa shape index (κ3) is 4.87. The first-order valence-corrected chi connectivity index (χ1v) is 6.44. The van der Waals surface area contributed by atoms with E-state index in [0.717, 1.165) is 0 Å². The van der Waals surface area contributed by atoms with Gasteiger partial charge < -0.3 is 20.9 Å². The van der Waals surface area contributed by atoms with Crippen molar-refractivity contribution in [1.82, 2.24) is 0 Å². The average Bonchev–Trinajstić information content (AvgIpc) is 2.33. The highest BCUT2D eigenvalue weighted by Crippen LogP contribution is 2.33. The van der Waals surface area contributed by atoms with Crippen LogP contribution in [0.15, 0.2) is 12.1 Å². The van der Waals surface area contributed by atoms with E-state index in [2.05, 4.69) is 0 Å². The van der Waals surface area contributed by atoms with Gasteiger partial charge >= 0.3 is 0 Å². The maximum absolute atomic E-state index is 10.5. The zero-order valence-corrected chi connectivity index (χ0v) is 12.0. The van der Waals surface area contributed by atoms with Gasteiger partial charge in [-0.3, -0.25) is 4.79 Å². The smallest absolute Gasteiger partial charge is 0.243 e. The largest absolute Gasteiger partial charge is 0.492 e. The summed E-state index contributed by atoms with van der Waals surface area (Å²) in [6, 6.07) is 2.74. The number of rotatable bonds is 7. The van der Waals surface area contributed by atoms with Crippen LogP contribution in [-0.4, -0.2) is 25.7 Å². The molecule has 1 amide bonds. The van der Waals surface area contributed by atoms with Crippen molar-refractivity contribution in [3.8, 4) is 5.75 Å². The van der Waals surface area contributed by atoms with Crippen molar-refractivity contribution < 1.29 is 14.3 Å². The molecule has 1 aromatic carbocycles. The van der Waals surface area contributed by atoms with Crippen molar-refractivity contribution in [2.45, 2.75) is 13.0 Å². The number of amides is 1. The Morgan fingerprint density at radius 1 is 1.37 bits per heavy atom. The molecule has 0 heterocycles. The number of halogens is 2. The van der Waals surface area contributed by atoms with E-state index in [1.807, 2.05) is 6.92 Å². The molecule has 5 nitrogen and oxygen atoms in total. The van der Waals surface area contributed by atoms with Gasteiger partial charge in [0.2, 0.25) is 5.91 Å². The molecule has 0 bridgehead atoms. The molecular formula is C12H16Cl2N2O3. The molecule has 1 unspecified atom stereocenters. The third-order valence-electron chi connectivity index (χ3n) is 2.29. The Labute approximate surface area is 121 Å². The van der Waals surface area contributed by atoms with Gasteiger partial charge in [0.05, 0.1) is 24.3 Å². The molecule has 0 aliphatic carbocycles. The first-order valence-electron chi connectivity index (χ1n) is 5.69. The summed E-state index contributed by atoms with van der Waals surface area (Å²) in [5, 5.41) is 0.856. The van der Waals surface area contributed by atoms with Gasteiger partial charge in [0, 0.05) is 11.1 Å². The molecule has 1 atom stereocenters. The molecule has 0 saturated carbocycles. The summed E-state index contributed by atoms with van der Waals surface area (Å²) in [6.45, 7) is 2.27. The first-order chi connectivity index (χ1) is 8.95. The van der Waals surface area contributed by atoms with Crippen LogP contribution in [0, 0.1) is 0 Å². The van der Waals surface area contributed by atoms with E-state index in [1.165, 1.54) is 0 Å². The maximum Gasteiger partial charge on any atom is 0.243 e. The highest BCUT2D eigenvalue weighted by Gasteiger charge is 2.15. The SMILES string of the molecule is CCOc1cc(Cl)c(C(N)COCC(N)=O)cc1Cl. The minimum Gasteiger partial charge on any atom is -0.492 e. The highest BCUT2D eigenvalue weighted by atomic mass is 35.5. The Morgan fingerprint density at radius 3 is 2.63 bits per heavy atom. The normalized spacial score (nSPS) is 12.2. The summed E-state index contributed by atoms with van der Waals surface area (Å²) >= 11 is 12.2. The molecule has 0 fully saturated rings. The standard InChI is InChI=1S/C12H16Cl2N2O3/c1-2-19-11-4-8(13)7(3-9(11)14)10(15)5-18-6-12(16)17/h3-4,10H,2,5-6,15H2,1H3,(H2,16,17). The van der Waals surface area contributed by atoms with E-state index in [1.54, 1.807) is 12.1 Å². The Kier molecular flexibility index (Phi) is 6.37. The molecule has 0 radical (unpaired) electrons. The first kappa shape index (κ1) is 16.0. The van der Waals surface area contributed by atoms with Crippen LogP contribution in [0.25, 0.3) is 0 Å². The van der Waals surface area contributed by atoms with Gasteiger partial charge in [-0.05, 0) is 18.6 Å². The second-order valence-corrected chi connectivity index (χ2v) is 4.64. The zero-order chi connectivity index (χ0) is 14.4. The predicted octanol–water partition coefficient (Wildman–Crippen LogP) is 1.89. The monoisotopic (exact) mass is 306 g/mol. The van der Waals surface area contributed by atoms with Gasteiger partial charge in [0.25, 0.3) is 0 Å². The summed E-state index contributed by atoms with van der Waals surface area (Å²) in [5.41, 5.74) is 11.5. The summed E-state index contributed by atoms with van der Waals surface area (Å²) in [6.07, 6.45) is 0. The van der Waals surface area contributed by atoms with Crippen molar-refractivity contribution in [3.05, 3.63) is 27.7 Å². The van der Waals surface area contributed by atoms with Crippen LogP contribution in [0.1, 0.15) is 18.5 Å². The van der Waals surface area contributed by atoms with Crippen LogP contribution in [0.5, 0.6) is 5.75 Å². The number of primary amides is 1. The Bertz CT molecular complexity index is 455. The third-order valence-corrected chi connectivity index (χ3v) is 2.91. The van der Waals surface area contributed by atoms with Gasteiger partial charge in [-0.25, -0.2) is 0 Å². The number of carbonyl (C=O) groups excluding carboxylic acids is 1. The lowest BCUT2D eigenvalue weighted by Crippen LogP contribution is -2.23. The van der Waals surface area contributed by atoms with Crippen LogP contribution in [0.2, 0.25) is 10.0 Å². The molecule has 0 spiro atoms. The predicted molar refractivity (Wildman–Crippen MR) is 74.6 cm³/mol. The maximum atomic E-state index is 10.5. The molecule has 1 rings (SSSR count). The van der Waals surface area contributed by atoms with Crippen LogP contribution in [-0.2, 0) is 9.53 Å². The van der Waals surface area contributed by atoms with Crippen molar-refractivity contribution in [2.75, 3.05) is 19.8 Å². The van der Waals surface area contributed by atoms with Crippen LogP contribution >= 0.6 is 23.2 Å². The fourth-order valence-electron chi connectivity index (χ4n) is 1.47. The molecule has 7 heteroatoms. The van der Waals surface area contributed by atoms with Crippen molar-refractivity contribution >= 4 is 29.1 Å². The highest BCUT2D eigenvalue weighted by molar-refractivity contribution is 6.34. The van der Waals surface area contributed by atoms with Gasteiger partial charge in [0.15, 0.2) is 0 Å². The molecule has 0 aliphatic heterocycles. The lowest BCUT2D eigenvalue weighted by Gasteiger charge is -2.16. The Hall–Kier alpha value is -1.01. The van der Waals surface area contributed by atoms with E-state index in [4.69, 9.17) is 44.1 Å². The quantitative estimate of drug-likeness (QED) is 0.805. The minimum absolute atomic E-state index is 0.118. The molecular weight excluding hydrogens is 291 g/mol. The summed E-state index contributed by atoms with van der Waals surface area (Å²) < 4.78 is 10.4. The van der Waals surface area contributed by atoms with Gasteiger partial charge in [-0.1, -0.05) is 23.2 Å². The molecule has 1 aromatic rings. The van der Waals surface area contributed by atoms with Gasteiger partial charge in [-0.15, -0.1) is 0 Å². The van der Waals surface area contributed by atoms with Crippen LogP contribution in [0.4, 0.5) is 0 Å². The fourth-order valence-corrected chi connectivity index (χ4v) is 1.99. The minimum atomic E-state index is -0.553. The van der Waals surface area contributed by atoms with Gasteiger partial charge in [0.1, 0.15) is 12.4 Å². The Balaban J connectivity index is 2.77. The second-order valence-electron chi connectivity index (χ2n) is 3.83. The molecule has 4 N–H and O–H groups in total. The van der Waals surface area contributed by atoms with E-state index >= 15 is 0 Å². The van der Waals surface area contributed by atoms with Crippen molar-refractivity contribution in [2.24, 2.45) is 11.5 Å². The molecule has 0 saturated heterocycles. The Morgan fingerprint density at radius 2 is 2.05 bits per heavy atom. The second kappa shape index (κ2) is 7.55. The number of hydrogen-bond donors (Lipinski definition) is 2. The topological polar surface area (TPSA) is 87.6 Å². The fraction of sp³-hybridized carbons (Fsp3) is 0.417. The number of nitrogens with two attached hydrogens (primary N) is 2. The van der Waals surface area contributed by atoms with Gasteiger partial charge in [-0.2, -0.15) is 0 Å². The van der Waals surface area contributed by atoms with E-state index < -0.39 is 11.9 Å². The number of hydrogen-bond acceptors (Lipinski definition) is 4. The van der Waals surface area contributed by atoms with Crippen LogP contribution < -0.4 is 16.2 Å². The molecule has 106 valence electrons. The summed E-state index contributed by atoms with van der Waals surface area (Å²) in [5.74, 6) is -0.0498. The lowest BCUT2D eigenvalue weighted by atomic mass is 10.1. The van der Waals surface area contributed by atoms with E-state index in [-0.39, 0.29) is 13.2 Å². The molecule has 0 aromatic heterocycles. The van der Waals surface area contributed by atoms with Crippen molar-refractivity contribution in [1.29, 1.82) is 0 Å². The van der Waals surface area contributed by atoms with Crippen molar-refractivity contribution in [3.63, 3.8) is 0 Å². The average molecular weight is 307 g/mol. The molecule has 0 aliphatic rings. The lowest BCUT2D eigenvalue weighted by molar-refractivity contribution is -0.122.